The van der Waals surface area contributed by atoms with Crippen molar-refractivity contribution in [2.75, 3.05) is 19.0 Å². The number of esters is 1. The second-order valence-electron chi connectivity index (χ2n) is 4.98. The second-order valence-corrected chi connectivity index (χ2v) is 5.39. The number of halogens is 1. The van der Waals surface area contributed by atoms with Crippen molar-refractivity contribution in [3.8, 4) is 5.75 Å². The number of hydrogen-bond acceptors (Lipinski definition) is 4. The van der Waals surface area contributed by atoms with Gasteiger partial charge in [0.15, 0.2) is 0 Å². The molecule has 0 radical (unpaired) electrons. The van der Waals surface area contributed by atoms with Crippen LogP contribution in [0.15, 0.2) is 48.5 Å². The average molecular weight is 360 g/mol. The summed E-state index contributed by atoms with van der Waals surface area (Å²) >= 11 is 6.12. The van der Waals surface area contributed by atoms with Crippen LogP contribution in [0.5, 0.6) is 5.75 Å². The minimum atomic E-state index is -0.460. The van der Waals surface area contributed by atoms with Crippen LogP contribution < -0.4 is 10.1 Å². The number of carbonyl (C=O) groups is 2. The molecule has 0 unspecified atom stereocenters. The highest BCUT2D eigenvalue weighted by atomic mass is 35.5. The molecule has 0 aliphatic heterocycles. The van der Waals surface area contributed by atoms with E-state index >= 15 is 0 Å². The average Bonchev–Trinajstić information content (AvgIpc) is 2.62. The number of hydrogen-bond donors (Lipinski definition) is 1. The molecule has 0 saturated heterocycles. The summed E-state index contributed by atoms with van der Waals surface area (Å²) in [6, 6.07) is 11.9. The van der Waals surface area contributed by atoms with Crippen molar-refractivity contribution in [2.24, 2.45) is 0 Å². The first-order valence-corrected chi connectivity index (χ1v) is 8.01. The fraction of sp³-hybridized carbons (Fsp3) is 0.158. The molecule has 0 fully saturated rings. The Bertz CT molecular complexity index is 802. The quantitative estimate of drug-likeness (QED) is 0.620. The molecule has 0 saturated carbocycles. The molecule has 0 spiro atoms. The first kappa shape index (κ1) is 18.5. The van der Waals surface area contributed by atoms with E-state index in [0.29, 0.717) is 17.0 Å². The van der Waals surface area contributed by atoms with Gasteiger partial charge < -0.3 is 14.8 Å². The van der Waals surface area contributed by atoms with E-state index in [1.54, 1.807) is 32.2 Å². The Morgan fingerprint density at radius 3 is 2.64 bits per heavy atom. The summed E-state index contributed by atoms with van der Waals surface area (Å²) in [7, 11) is 1.57. The highest BCUT2D eigenvalue weighted by molar-refractivity contribution is 6.34. The normalized spacial score (nSPS) is 10.5. The van der Waals surface area contributed by atoms with Crippen LogP contribution >= 0.6 is 11.6 Å². The lowest BCUT2D eigenvalue weighted by Gasteiger charge is -2.07. The zero-order valence-electron chi connectivity index (χ0n) is 13.9. The third-order valence-corrected chi connectivity index (χ3v) is 3.60. The number of benzene rings is 2. The van der Waals surface area contributed by atoms with E-state index in [4.69, 9.17) is 21.1 Å². The van der Waals surface area contributed by atoms with Crippen molar-refractivity contribution in [3.05, 3.63) is 64.7 Å². The third kappa shape index (κ3) is 5.09. The van der Waals surface area contributed by atoms with Gasteiger partial charge >= 0.3 is 5.97 Å². The molecule has 0 aliphatic carbocycles. The van der Waals surface area contributed by atoms with E-state index in [1.165, 1.54) is 12.1 Å². The largest absolute Gasteiger partial charge is 0.496 e. The van der Waals surface area contributed by atoms with Crippen LogP contribution in [0.4, 0.5) is 5.69 Å². The number of methoxy groups -OCH3 is 1. The van der Waals surface area contributed by atoms with Crippen LogP contribution in [0.3, 0.4) is 0 Å². The van der Waals surface area contributed by atoms with Gasteiger partial charge in [0.25, 0.3) is 0 Å². The van der Waals surface area contributed by atoms with Gasteiger partial charge in [-0.3, -0.25) is 4.79 Å². The van der Waals surface area contributed by atoms with E-state index in [9.17, 15) is 9.59 Å². The van der Waals surface area contributed by atoms with Crippen molar-refractivity contribution in [3.63, 3.8) is 0 Å². The van der Waals surface area contributed by atoms with E-state index < -0.39 is 5.97 Å². The Balaban J connectivity index is 2.07. The molecule has 2 aromatic carbocycles. The van der Waals surface area contributed by atoms with Crippen LogP contribution in [0, 0.1) is 0 Å². The lowest BCUT2D eigenvalue weighted by Crippen LogP contribution is -2.09. The zero-order valence-corrected chi connectivity index (χ0v) is 14.7. The molecular weight excluding hydrogens is 342 g/mol. The van der Waals surface area contributed by atoms with Gasteiger partial charge in [-0.05, 0) is 37.3 Å². The molecule has 0 bridgehead atoms. The predicted molar refractivity (Wildman–Crippen MR) is 98.1 cm³/mol. The van der Waals surface area contributed by atoms with Gasteiger partial charge in [0.1, 0.15) is 5.75 Å². The van der Waals surface area contributed by atoms with Crippen molar-refractivity contribution < 1.29 is 19.1 Å². The van der Waals surface area contributed by atoms with Gasteiger partial charge in [0.05, 0.1) is 30.0 Å². The summed E-state index contributed by atoms with van der Waals surface area (Å²) in [5, 5.41) is 2.92. The van der Waals surface area contributed by atoms with Gasteiger partial charge in [-0.2, -0.15) is 0 Å². The van der Waals surface area contributed by atoms with Gasteiger partial charge in [0.2, 0.25) is 5.91 Å². The van der Waals surface area contributed by atoms with E-state index in [1.807, 2.05) is 24.3 Å². The van der Waals surface area contributed by atoms with Gasteiger partial charge in [0, 0.05) is 11.6 Å². The van der Waals surface area contributed by atoms with E-state index in [-0.39, 0.29) is 17.5 Å². The first-order valence-electron chi connectivity index (χ1n) is 7.64. The molecule has 2 aromatic rings. The summed E-state index contributed by atoms with van der Waals surface area (Å²) < 4.78 is 10.1. The Morgan fingerprint density at radius 2 is 1.96 bits per heavy atom. The number of ether oxygens (including phenoxy) is 2. The van der Waals surface area contributed by atoms with E-state index in [2.05, 4.69) is 5.32 Å². The number of rotatable bonds is 6. The maximum Gasteiger partial charge on any atom is 0.338 e. The monoisotopic (exact) mass is 359 g/mol. The van der Waals surface area contributed by atoms with Crippen molar-refractivity contribution in [2.45, 2.75) is 6.92 Å². The molecule has 2 rings (SSSR count). The standard InChI is InChI=1S/C19H18ClNO4/c1-3-25-19(23)14-8-10-16(15(20)12-14)21-18(22)11-9-13-6-4-5-7-17(13)24-2/h4-12H,3H2,1-2H3,(H,21,22)/b11-9+. The van der Waals surface area contributed by atoms with Crippen LogP contribution in [-0.2, 0) is 9.53 Å². The summed E-state index contributed by atoms with van der Waals surface area (Å²) in [5.41, 5.74) is 1.52. The number of amides is 1. The Labute approximate surface area is 151 Å². The van der Waals surface area contributed by atoms with Crippen molar-refractivity contribution in [1.82, 2.24) is 0 Å². The third-order valence-electron chi connectivity index (χ3n) is 3.29. The highest BCUT2D eigenvalue weighted by Gasteiger charge is 2.10. The molecular formula is C19H18ClNO4. The lowest BCUT2D eigenvalue weighted by atomic mass is 10.2. The lowest BCUT2D eigenvalue weighted by molar-refractivity contribution is -0.111. The minimum Gasteiger partial charge on any atom is -0.496 e. The molecule has 0 aliphatic rings. The summed E-state index contributed by atoms with van der Waals surface area (Å²) in [4.78, 5) is 23.7. The number of carbonyl (C=O) groups excluding carboxylic acids is 2. The second kappa shape index (κ2) is 8.89. The molecule has 1 N–H and O–H groups in total. The molecule has 130 valence electrons. The van der Waals surface area contributed by atoms with Crippen LogP contribution in [-0.4, -0.2) is 25.6 Å². The Morgan fingerprint density at radius 1 is 1.20 bits per heavy atom. The Kier molecular flexibility index (Phi) is 6.60. The fourth-order valence-corrected chi connectivity index (χ4v) is 2.33. The molecule has 6 heteroatoms. The number of nitrogens with one attached hydrogen (secondary N) is 1. The van der Waals surface area contributed by atoms with Crippen LogP contribution in [0.1, 0.15) is 22.8 Å². The van der Waals surface area contributed by atoms with Crippen molar-refractivity contribution in [1.29, 1.82) is 0 Å². The molecule has 0 heterocycles. The first-order chi connectivity index (χ1) is 12.0. The zero-order chi connectivity index (χ0) is 18.2. The van der Waals surface area contributed by atoms with Gasteiger partial charge in [-0.1, -0.05) is 29.8 Å². The summed E-state index contributed by atoms with van der Waals surface area (Å²) in [6.45, 7) is 2.00. The smallest absolute Gasteiger partial charge is 0.338 e. The number of para-hydroxylation sites is 1. The maximum atomic E-state index is 12.1. The topological polar surface area (TPSA) is 64.6 Å². The molecule has 0 aromatic heterocycles. The van der Waals surface area contributed by atoms with Crippen LogP contribution in [0.2, 0.25) is 5.02 Å². The summed E-state index contributed by atoms with van der Waals surface area (Å²) in [6.07, 6.45) is 3.03. The van der Waals surface area contributed by atoms with Gasteiger partial charge in [-0.15, -0.1) is 0 Å². The molecule has 25 heavy (non-hydrogen) atoms. The molecule has 0 atom stereocenters. The van der Waals surface area contributed by atoms with Crippen molar-refractivity contribution >= 4 is 35.2 Å². The number of anilines is 1. The maximum absolute atomic E-state index is 12.1. The SMILES string of the molecule is CCOC(=O)c1ccc(NC(=O)/C=C/c2ccccc2OC)c(Cl)c1. The van der Waals surface area contributed by atoms with E-state index in [0.717, 1.165) is 5.56 Å². The van der Waals surface area contributed by atoms with Gasteiger partial charge in [-0.25, -0.2) is 4.79 Å². The summed E-state index contributed by atoms with van der Waals surface area (Å²) in [5.74, 6) is -0.140. The molecule has 1 amide bonds. The predicted octanol–water partition coefficient (Wildman–Crippen LogP) is 4.18. The molecule has 5 nitrogen and oxygen atoms in total. The Hall–Kier alpha value is -2.79. The minimum absolute atomic E-state index is 0.254. The highest BCUT2D eigenvalue weighted by Crippen LogP contribution is 2.24. The fourth-order valence-electron chi connectivity index (χ4n) is 2.10. The van der Waals surface area contributed by atoms with Crippen LogP contribution in [0.25, 0.3) is 6.08 Å².